The molecule has 2 aromatic rings. The van der Waals surface area contributed by atoms with Crippen molar-refractivity contribution in [1.82, 2.24) is 16.1 Å². The highest BCUT2D eigenvalue weighted by atomic mass is 79.9. The Hall–Kier alpha value is -3.44. The average molecular weight is 520 g/mol. The minimum atomic E-state index is -0.720. The average Bonchev–Trinajstić information content (AvgIpc) is 2.81. The minimum absolute atomic E-state index is 0.102. The largest absolute Gasteiger partial charge is 0.496 e. The molecule has 2 rings (SSSR count). The molecule has 0 aliphatic heterocycles. The number of methoxy groups -OCH3 is 1. The van der Waals surface area contributed by atoms with E-state index in [-0.39, 0.29) is 19.6 Å². The van der Waals surface area contributed by atoms with Gasteiger partial charge in [0.2, 0.25) is 5.91 Å². The van der Waals surface area contributed by atoms with Gasteiger partial charge in [-0.1, -0.05) is 22.0 Å². The lowest BCUT2D eigenvalue weighted by atomic mass is 10.0. The van der Waals surface area contributed by atoms with Crippen molar-refractivity contribution < 1.29 is 23.9 Å². The summed E-state index contributed by atoms with van der Waals surface area (Å²) < 4.78 is 11.2. The molecule has 11 heteroatoms. The third-order valence-electron chi connectivity index (χ3n) is 4.38. The zero-order chi connectivity index (χ0) is 24.2. The number of esters is 1. The molecule has 0 aliphatic rings. The third kappa shape index (κ3) is 8.20. The van der Waals surface area contributed by atoms with Crippen LogP contribution in [0.25, 0.3) is 0 Å². The van der Waals surface area contributed by atoms with Gasteiger partial charge in [0, 0.05) is 15.6 Å². The highest BCUT2D eigenvalue weighted by Crippen LogP contribution is 2.30. The number of ether oxygens (including phenoxy) is 2. The van der Waals surface area contributed by atoms with E-state index in [1.165, 1.54) is 13.4 Å². The van der Waals surface area contributed by atoms with Crippen LogP contribution >= 0.6 is 15.9 Å². The molecule has 0 aliphatic carbocycles. The fourth-order valence-electron chi connectivity index (χ4n) is 2.95. The number of hydrogen-bond acceptors (Lipinski definition) is 7. The highest BCUT2D eigenvalue weighted by molar-refractivity contribution is 9.10. The summed E-state index contributed by atoms with van der Waals surface area (Å²) in [5.41, 5.74) is 3.72. The van der Waals surface area contributed by atoms with Crippen LogP contribution in [0.4, 0.5) is 5.69 Å². The lowest BCUT2D eigenvalue weighted by molar-refractivity contribution is -0.143. The maximum atomic E-state index is 12.6. The molecule has 0 spiro atoms. The Balaban J connectivity index is 2.10. The number of benzene rings is 2. The molecule has 0 heterocycles. The number of hydrogen-bond donors (Lipinski definition) is 4. The van der Waals surface area contributed by atoms with Gasteiger partial charge in [0.25, 0.3) is 5.91 Å². The number of hydrazine groups is 1. The quantitative estimate of drug-likeness (QED) is 0.117. The second-order valence-corrected chi connectivity index (χ2v) is 7.59. The lowest BCUT2D eigenvalue weighted by Crippen LogP contribution is -2.39. The van der Waals surface area contributed by atoms with Gasteiger partial charge in [-0.05, 0) is 43.3 Å². The molecule has 0 saturated carbocycles. The number of rotatable bonds is 11. The molecule has 0 aromatic heterocycles. The topological polar surface area (TPSA) is 144 Å². The first-order valence-electron chi connectivity index (χ1n) is 10.0. The first-order valence-corrected chi connectivity index (χ1v) is 10.8. The van der Waals surface area contributed by atoms with E-state index in [4.69, 9.17) is 15.3 Å². The molecule has 0 radical (unpaired) electrons. The summed E-state index contributed by atoms with van der Waals surface area (Å²) in [6, 6.07) is 11.0. The number of carbonyl (C=O) groups excluding carboxylic acids is 3. The Bertz CT molecular complexity index is 1010. The van der Waals surface area contributed by atoms with Gasteiger partial charge in [-0.2, -0.15) is 0 Å². The van der Waals surface area contributed by atoms with Gasteiger partial charge in [0.05, 0.1) is 38.4 Å². The van der Waals surface area contributed by atoms with Gasteiger partial charge in [-0.3, -0.25) is 14.4 Å². The van der Waals surface area contributed by atoms with E-state index in [1.54, 1.807) is 49.4 Å². The second-order valence-electron chi connectivity index (χ2n) is 6.67. The minimum Gasteiger partial charge on any atom is -0.496 e. The van der Waals surface area contributed by atoms with E-state index < -0.39 is 23.8 Å². The fraction of sp³-hybridized carbons (Fsp3) is 0.273. The molecular weight excluding hydrogens is 494 g/mol. The van der Waals surface area contributed by atoms with Crippen LogP contribution in [0.3, 0.4) is 0 Å². The predicted molar refractivity (Wildman–Crippen MR) is 127 cm³/mol. The van der Waals surface area contributed by atoms with Crippen molar-refractivity contribution in [2.24, 2.45) is 10.8 Å². The van der Waals surface area contributed by atoms with Gasteiger partial charge >= 0.3 is 5.97 Å². The molecule has 0 fully saturated rings. The van der Waals surface area contributed by atoms with Crippen molar-refractivity contribution in [2.45, 2.75) is 19.4 Å². The van der Waals surface area contributed by atoms with Crippen LogP contribution in [0.15, 0.2) is 51.9 Å². The smallest absolute Gasteiger partial charge is 0.308 e. The third-order valence-corrected chi connectivity index (χ3v) is 4.88. The number of amides is 2. The summed E-state index contributed by atoms with van der Waals surface area (Å²) >= 11 is 3.39. The van der Waals surface area contributed by atoms with E-state index in [1.807, 2.05) is 0 Å². The van der Waals surface area contributed by atoms with Crippen LogP contribution < -0.4 is 26.6 Å². The van der Waals surface area contributed by atoms with Crippen LogP contribution in [0.1, 0.15) is 35.3 Å². The van der Waals surface area contributed by atoms with Gasteiger partial charge in [0.15, 0.2) is 0 Å². The summed E-state index contributed by atoms with van der Waals surface area (Å²) in [5, 5.41) is 5.33. The van der Waals surface area contributed by atoms with Gasteiger partial charge in [-0.25, -0.2) is 10.8 Å². The van der Waals surface area contributed by atoms with E-state index in [0.29, 0.717) is 22.6 Å². The molecule has 176 valence electrons. The summed E-state index contributed by atoms with van der Waals surface area (Å²) in [5.74, 6) is 4.24. The Morgan fingerprint density at radius 2 is 2.00 bits per heavy atom. The second kappa shape index (κ2) is 13.2. The zero-order valence-corrected chi connectivity index (χ0v) is 19.8. The van der Waals surface area contributed by atoms with Crippen molar-refractivity contribution in [3.05, 3.63) is 58.1 Å². The molecule has 1 atom stereocenters. The van der Waals surface area contributed by atoms with Gasteiger partial charge in [-0.15, -0.1) is 0 Å². The zero-order valence-electron chi connectivity index (χ0n) is 18.3. The Labute approximate surface area is 200 Å². The number of halogens is 1. The summed E-state index contributed by atoms with van der Waals surface area (Å²) in [6.07, 6.45) is 1.18. The molecule has 5 N–H and O–H groups in total. The van der Waals surface area contributed by atoms with Crippen LogP contribution in [-0.4, -0.2) is 44.4 Å². The van der Waals surface area contributed by atoms with Gasteiger partial charge in [0.1, 0.15) is 12.1 Å². The monoisotopic (exact) mass is 519 g/mol. The molecule has 0 saturated heterocycles. The van der Waals surface area contributed by atoms with Crippen LogP contribution in [0.5, 0.6) is 5.75 Å². The summed E-state index contributed by atoms with van der Waals surface area (Å²) in [6.45, 7) is 1.62. The van der Waals surface area contributed by atoms with Crippen molar-refractivity contribution in [2.75, 3.05) is 20.3 Å². The van der Waals surface area contributed by atoms with E-state index >= 15 is 0 Å². The van der Waals surface area contributed by atoms with Crippen LogP contribution in [0, 0.1) is 0 Å². The summed E-state index contributed by atoms with van der Waals surface area (Å²) in [4.78, 5) is 41.2. The van der Waals surface area contributed by atoms with Crippen molar-refractivity contribution >= 4 is 45.7 Å². The molecule has 1 unspecified atom stereocenters. The SMILES string of the molecule is CCOC(=O)CC(NC(=O)CNC(=O)c1cccc(N=CNN)c1)c1cc(Br)ccc1OC. The van der Waals surface area contributed by atoms with Crippen LogP contribution in [0.2, 0.25) is 0 Å². The maximum Gasteiger partial charge on any atom is 0.308 e. The van der Waals surface area contributed by atoms with E-state index in [9.17, 15) is 14.4 Å². The Kier molecular flexibility index (Phi) is 10.3. The highest BCUT2D eigenvalue weighted by Gasteiger charge is 2.23. The Morgan fingerprint density at radius 1 is 1.21 bits per heavy atom. The molecule has 10 nitrogen and oxygen atoms in total. The first-order chi connectivity index (χ1) is 15.9. The maximum absolute atomic E-state index is 12.6. The van der Waals surface area contributed by atoms with Gasteiger partial charge < -0.3 is 25.5 Å². The van der Waals surface area contributed by atoms with Crippen molar-refractivity contribution in [3.8, 4) is 5.75 Å². The van der Waals surface area contributed by atoms with Crippen molar-refractivity contribution in [3.63, 3.8) is 0 Å². The number of carbonyl (C=O) groups is 3. The van der Waals surface area contributed by atoms with E-state index in [2.05, 4.69) is 37.0 Å². The van der Waals surface area contributed by atoms with E-state index in [0.717, 1.165) is 4.47 Å². The lowest BCUT2D eigenvalue weighted by Gasteiger charge is -2.21. The molecular formula is C22H26BrN5O5. The number of aliphatic imine (C=N–C) groups is 1. The number of nitrogens with zero attached hydrogens (tertiary/aromatic N) is 1. The Morgan fingerprint density at radius 3 is 2.70 bits per heavy atom. The fourth-order valence-corrected chi connectivity index (χ4v) is 3.33. The predicted octanol–water partition coefficient (Wildman–Crippen LogP) is 2.12. The van der Waals surface area contributed by atoms with Crippen LogP contribution in [-0.2, 0) is 14.3 Å². The normalized spacial score (nSPS) is 11.5. The molecule has 0 bridgehead atoms. The molecule has 33 heavy (non-hydrogen) atoms. The summed E-state index contributed by atoms with van der Waals surface area (Å²) in [7, 11) is 1.50. The molecule has 2 aromatic carbocycles. The molecule has 2 amide bonds. The first kappa shape index (κ1) is 25.8. The van der Waals surface area contributed by atoms with Crippen molar-refractivity contribution in [1.29, 1.82) is 0 Å². The number of nitrogens with two attached hydrogens (primary N) is 1. The number of nitrogens with one attached hydrogen (secondary N) is 3. The standard InChI is InChI=1S/C22H26BrN5O5/c1-3-33-21(30)11-18(17-10-15(23)7-8-19(17)32-2)28-20(29)12-25-22(31)14-5-4-6-16(9-14)26-13-27-24/h4-10,13,18H,3,11-12,24H2,1-2H3,(H,25,31)(H,26,27)(H,28,29).